The predicted octanol–water partition coefficient (Wildman–Crippen LogP) is 3.94. The van der Waals surface area contributed by atoms with E-state index in [0.717, 1.165) is 29.5 Å². The van der Waals surface area contributed by atoms with Crippen LogP contribution in [0.15, 0.2) is 36.4 Å². The molecule has 0 radical (unpaired) electrons. The van der Waals surface area contributed by atoms with Gasteiger partial charge in [-0.2, -0.15) is 0 Å². The van der Waals surface area contributed by atoms with E-state index in [1.54, 1.807) is 4.90 Å². The highest BCUT2D eigenvalue weighted by Gasteiger charge is 2.32. The Morgan fingerprint density at radius 2 is 1.60 bits per heavy atom. The highest BCUT2D eigenvalue weighted by atomic mass is 16.2. The first-order valence-corrected chi connectivity index (χ1v) is 9.00. The van der Waals surface area contributed by atoms with E-state index >= 15 is 0 Å². The lowest BCUT2D eigenvalue weighted by molar-refractivity contribution is -0.130. The third-order valence-corrected chi connectivity index (χ3v) is 4.47. The molecule has 0 unspecified atom stereocenters. The lowest BCUT2D eigenvalue weighted by Gasteiger charge is -2.28. The zero-order chi connectivity index (χ0) is 18.1. The number of carbonyl (C=O) groups is 2. The van der Waals surface area contributed by atoms with E-state index < -0.39 is 0 Å². The summed E-state index contributed by atoms with van der Waals surface area (Å²) in [6.45, 7) is 9.98. The first-order chi connectivity index (χ1) is 11.9. The molecule has 0 N–H and O–H groups in total. The summed E-state index contributed by atoms with van der Waals surface area (Å²) in [5, 5.41) is 2.00. The summed E-state index contributed by atoms with van der Waals surface area (Å²) < 4.78 is 0. The highest BCUT2D eigenvalue weighted by Crippen LogP contribution is 2.37. The summed E-state index contributed by atoms with van der Waals surface area (Å²) in [6, 6.07) is 11.6. The maximum atomic E-state index is 12.9. The number of amides is 2. The van der Waals surface area contributed by atoms with Crippen LogP contribution in [0, 0.1) is 11.8 Å². The Balaban J connectivity index is 1.87. The number of anilines is 1. The van der Waals surface area contributed by atoms with Crippen LogP contribution in [-0.4, -0.2) is 36.3 Å². The molecule has 1 aliphatic rings. The van der Waals surface area contributed by atoms with Crippen molar-refractivity contribution in [2.24, 2.45) is 11.8 Å². The zero-order valence-electron chi connectivity index (χ0n) is 15.5. The minimum Gasteiger partial charge on any atom is -0.341 e. The first kappa shape index (κ1) is 17.5. The van der Waals surface area contributed by atoms with Gasteiger partial charge in [0.15, 0.2) is 0 Å². The van der Waals surface area contributed by atoms with Crippen molar-refractivity contribution < 1.29 is 9.59 Å². The van der Waals surface area contributed by atoms with Crippen molar-refractivity contribution in [2.75, 3.05) is 24.5 Å². The van der Waals surface area contributed by atoms with Crippen molar-refractivity contribution in [2.45, 2.75) is 27.7 Å². The predicted molar refractivity (Wildman–Crippen MR) is 102 cm³/mol. The van der Waals surface area contributed by atoms with Gasteiger partial charge in [-0.1, -0.05) is 52.0 Å². The van der Waals surface area contributed by atoms with E-state index in [1.807, 2.05) is 41.3 Å². The summed E-state index contributed by atoms with van der Waals surface area (Å²) in [5.74, 6) is 0.741. The smallest absolute Gasteiger partial charge is 0.259 e. The third kappa shape index (κ3) is 3.39. The zero-order valence-corrected chi connectivity index (χ0v) is 15.5. The maximum Gasteiger partial charge on any atom is 0.259 e. The van der Waals surface area contributed by atoms with Crippen LogP contribution in [0.25, 0.3) is 10.8 Å². The van der Waals surface area contributed by atoms with E-state index in [9.17, 15) is 9.59 Å². The van der Waals surface area contributed by atoms with E-state index in [0.29, 0.717) is 17.4 Å². The van der Waals surface area contributed by atoms with Crippen molar-refractivity contribution in [3.05, 3.63) is 42.0 Å². The normalized spacial score (nSPS) is 13.4. The number of hydrogen-bond acceptors (Lipinski definition) is 2. The molecule has 1 aliphatic heterocycles. The molecule has 4 heteroatoms. The van der Waals surface area contributed by atoms with Crippen LogP contribution in [0.5, 0.6) is 0 Å². The molecule has 2 aromatic carbocycles. The standard InChI is InChI=1S/C21H26N2O2/c1-14(2)11-22(12-15(3)4)19(24)13-23-18-10-6-8-16-7-5-9-17(20(16)18)21(23)25/h5-10,14-15H,11-13H2,1-4H3. The topological polar surface area (TPSA) is 40.6 Å². The summed E-state index contributed by atoms with van der Waals surface area (Å²) in [4.78, 5) is 29.3. The van der Waals surface area contributed by atoms with Gasteiger partial charge in [-0.05, 0) is 29.4 Å². The monoisotopic (exact) mass is 338 g/mol. The van der Waals surface area contributed by atoms with Gasteiger partial charge in [0.2, 0.25) is 5.91 Å². The van der Waals surface area contributed by atoms with Crippen molar-refractivity contribution >= 4 is 28.3 Å². The Labute approximate surface area is 149 Å². The van der Waals surface area contributed by atoms with E-state index in [-0.39, 0.29) is 18.4 Å². The lowest BCUT2D eigenvalue weighted by Crippen LogP contribution is -2.44. The highest BCUT2D eigenvalue weighted by molar-refractivity contribution is 6.26. The van der Waals surface area contributed by atoms with Crippen LogP contribution in [0.4, 0.5) is 5.69 Å². The van der Waals surface area contributed by atoms with Crippen molar-refractivity contribution in [3.8, 4) is 0 Å². The summed E-state index contributed by atoms with van der Waals surface area (Å²) in [5.41, 5.74) is 1.54. The second-order valence-corrected chi connectivity index (χ2v) is 7.66. The molecule has 1 heterocycles. The maximum absolute atomic E-state index is 12.9. The van der Waals surface area contributed by atoms with Gasteiger partial charge in [-0.15, -0.1) is 0 Å². The Hall–Kier alpha value is -2.36. The van der Waals surface area contributed by atoms with Gasteiger partial charge in [-0.25, -0.2) is 0 Å². The molecule has 25 heavy (non-hydrogen) atoms. The Morgan fingerprint density at radius 3 is 2.20 bits per heavy atom. The van der Waals surface area contributed by atoms with Crippen LogP contribution in [0.3, 0.4) is 0 Å². The van der Waals surface area contributed by atoms with Gasteiger partial charge >= 0.3 is 0 Å². The Bertz CT molecular complexity index is 795. The molecule has 4 nitrogen and oxygen atoms in total. The number of hydrogen-bond donors (Lipinski definition) is 0. The van der Waals surface area contributed by atoms with Gasteiger partial charge in [0.1, 0.15) is 6.54 Å². The summed E-state index contributed by atoms with van der Waals surface area (Å²) in [6.07, 6.45) is 0. The average Bonchev–Trinajstić information content (AvgIpc) is 2.81. The fraction of sp³-hybridized carbons (Fsp3) is 0.429. The summed E-state index contributed by atoms with van der Waals surface area (Å²) >= 11 is 0. The number of rotatable bonds is 6. The van der Waals surface area contributed by atoms with E-state index in [2.05, 4.69) is 27.7 Å². The molecule has 0 aromatic heterocycles. The van der Waals surface area contributed by atoms with Gasteiger partial charge in [0.05, 0.1) is 5.69 Å². The first-order valence-electron chi connectivity index (χ1n) is 9.00. The molecule has 132 valence electrons. The van der Waals surface area contributed by atoms with Crippen LogP contribution >= 0.6 is 0 Å². The fourth-order valence-electron chi connectivity index (χ4n) is 3.53. The minimum absolute atomic E-state index is 0.0144. The van der Waals surface area contributed by atoms with Crippen molar-refractivity contribution in [1.82, 2.24) is 4.90 Å². The Kier molecular flexibility index (Phi) is 4.80. The van der Waals surface area contributed by atoms with Gasteiger partial charge in [0.25, 0.3) is 5.91 Å². The van der Waals surface area contributed by atoms with Crippen LogP contribution < -0.4 is 4.90 Å². The number of nitrogens with zero attached hydrogens (tertiary/aromatic N) is 2. The molecule has 0 aliphatic carbocycles. The molecular weight excluding hydrogens is 312 g/mol. The molecule has 0 saturated carbocycles. The van der Waals surface area contributed by atoms with E-state index in [4.69, 9.17) is 0 Å². The second kappa shape index (κ2) is 6.87. The molecule has 0 fully saturated rings. The second-order valence-electron chi connectivity index (χ2n) is 7.66. The largest absolute Gasteiger partial charge is 0.341 e. The molecule has 0 bridgehead atoms. The third-order valence-electron chi connectivity index (χ3n) is 4.47. The molecule has 0 atom stereocenters. The van der Waals surface area contributed by atoms with Crippen LogP contribution in [0.1, 0.15) is 38.1 Å². The van der Waals surface area contributed by atoms with Gasteiger partial charge in [-0.3, -0.25) is 14.5 Å². The number of benzene rings is 2. The minimum atomic E-state index is -0.0748. The van der Waals surface area contributed by atoms with Crippen LogP contribution in [-0.2, 0) is 4.79 Å². The molecule has 2 aromatic rings. The molecule has 0 spiro atoms. The van der Waals surface area contributed by atoms with Gasteiger partial charge < -0.3 is 4.90 Å². The molecule has 2 amide bonds. The van der Waals surface area contributed by atoms with Crippen molar-refractivity contribution in [3.63, 3.8) is 0 Å². The van der Waals surface area contributed by atoms with Crippen LogP contribution in [0.2, 0.25) is 0 Å². The Morgan fingerprint density at radius 1 is 1.00 bits per heavy atom. The molecular formula is C21H26N2O2. The quantitative estimate of drug-likeness (QED) is 0.800. The molecule has 0 saturated heterocycles. The summed E-state index contributed by atoms with van der Waals surface area (Å²) in [7, 11) is 0. The van der Waals surface area contributed by atoms with Gasteiger partial charge in [0, 0.05) is 24.0 Å². The number of carbonyl (C=O) groups excluding carboxylic acids is 2. The molecule has 3 rings (SSSR count). The average molecular weight is 338 g/mol. The van der Waals surface area contributed by atoms with Crippen molar-refractivity contribution in [1.29, 1.82) is 0 Å². The SMILES string of the molecule is CC(C)CN(CC(C)C)C(=O)CN1C(=O)c2cccc3cccc1c23. The fourth-order valence-corrected chi connectivity index (χ4v) is 3.53. The lowest BCUT2D eigenvalue weighted by atomic mass is 10.1. The van der Waals surface area contributed by atoms with E-state index in [1.165, 1.54) is 0 Å².